The molecule has 1 aromatic rings. The van der Waals surface area contributed by atoms with Crippen molar-refractivity contribution < 1.29 is 18.3 Å². The summed E-state index contributed by atoms with van der Waals surface area (Å²) < 4.78 is 41.1. The Morgan fingerprint density at radius 1 is 1.45 bits per heavy atom. The molecule has 22 heavy (non-hydrogen) atoms. The molecule has 1 saturated carbocycles. The van der Waals surface area contributed by atoms with Gasteiger partial charge in [-0.15, -0.1) is 0 Å². The van der Waals surface area contributed by atoms with Gasteiger partial charge >= 0.3 is 6.18 Å². The summed E-state index contributed by atoms with van der Waals surface area (Å²) in [5.41, 5.74) is 0. The third kappa shape index (κ3) is 4.28. The standard InChI is InChI=1S/C12H16F3N5OS/c13-12(14,15)7-18(5-1-4-16)8-19-11(22)20(9-2-3-9)10(6-21)17-19/h9,21H,1-3,5-8H2. The molecule has 1 aliphatic carbocycles. The smallest absolute Gasteiger partial charge is 0.388 e. The van der Waals surface area contributed by atoms with Gasteiger partial charge in [0.1, 0.15) is 6.61 Å². The van der Waals surface area contributed by atoms with E-state index in [1.54, 1.807) is 4.57 Å². The van der Waals surface area contributed by atoms with Gasteiger partial charge in [0.15, 0.2) is 10.6 Å². The van der Waals surface area contributed by atoms with Crippen molar-refractivity contribution in [2.45, 2.75) is 44.8 Å². The lowest BCUT2D eigenvalue weighted by Crippen LogP contribution is -2.36. The van der Waals surface area contributed by atoms with Gasteiger partial charge in [0, 0.05) is 19.0 Å². The van der Waals surface area contributed by atoms with Gasteiger partial charge in [-0.1, -0.05) is 0 Å². The summed E-state index contributed by atoms with van der Waals surface area (Å²) in [4.78, 5) is 1.07. The molecule has 1 aliphatic rings. The third-order valence-electron chi connectivity index (χ3n) is 3.27. The number of aliphatic hydroxyl groups excluding tert-OH is 1. The molecule has 0 atom stereocenters. The quantitative estimate of drug-likeness (QED) is 0.772. The minimum Gasteiger partial charge on any atom is -0.388 e. The van der Waals surface area contributed by atoms with Crippen LogP contribution in [0.4, 0.5) is 13.2 Å². The van der Waals surface area contributed by atoms with Crippen LogP contribution in [0.3, 0.4) is 0 Å². The maximum atomic E-state index is 12.6. The van der Waals surface area contributed by atoms with Crippen LogP contribution in [0.1, 0.15) is 31.1 Å². The second-order valence-corrected chi connectivity index (χ2v) is 5.54. The Labute approximate surface area is 130 Å². The van der Waals surface area contributed by atoms with E-state index in [0.717, 1.165) is 17.7 Å². The topological polar surface area (TPSA) is 70.0 Å². The van der Waals surface area contributed by atoms with Gasteiger partial charge in [-0.2, -0.15) is 23.5 Å². The summed E-state index contributed by atoms with van der Waals surface area (Å²) in [7, 11) is 0. The number of nitrogens with zero attached hydrogens (tertiary/aromatic N) is 5. The highest BCUT2D eigenvalue weighted by Gasteiger charge is 2.32. The van der Waals surface area contributed by atoms with E-state index in [1.165, 1.54) is 4.68 Å². The van der Waals surface area contributed by atoms with Crippen LogP contribution in [0.2, 0.25) is 0 Å². The lowest BCUT2D eigenvalue weighted by molar-refractivity contribution is -0.149. The first-order chi connectivity index (χ1) is 10.4. The van der Waals surface area contributed by atoms with E-state index in [4.69, 9.17) is 17.5 Å². The van der Waals surface area contributed by atoms with Gasteiger partial charge in [-0.3, -0.25) is 9.47 Å². The van der Waals surface area contributed by atoms with Crippen molar-refractivity contribution >= 4 is 12.2 Å². The number of hydrogen-bond acceptors (Lipinski definition) is 5. The average Bonchev–Trinajstić information content (AvgIpc) is 3.21. The third-order valence-corrected chi connectivity index (χ3v) is 3.68. The summed E-state index contributed by atoms with van der Waals surface area (Å²) in [5.74, 6) is 0.361. The SMILES string of the molecule is N#CCCN(Cn1nc(CO)n(C2CC2)c1=S)CC(F)(F)F. The first-order valence-corrected chi connectivity index (χ1v) is 7.21. The van der Waals surface area contributed by atoms with E-state index >= 15 is 0 Å². The van der Waals surface area contributed by atoms with Crippen molar-refractivity contribution in [3.63, 3.8) is 0 Å². The highest BCUT2D eigenvalue weighted by molar-refractivity contribution is 7.71. The van der Waals surface area contributed by atoms with Crippen LogP contribution in [-0.4, -0.2) is 43.6 Å². The predicted octanol–water partition coefficient (Wildman–Crippen LogP) is 1.98. The maximum Gasteiger partial charge on any atom is 0.401 e. The van der Waals surface area contributed by atoms with Crippen molar-refractivity contribution in [1.82, 2.24) is 19.2 Å². The van der Waals surface area contributed by atoms with E-state index in [-0.39, 0.29) is 32.3 Å². The second kappa shape index (κ2) is 6.76. The lowest BCUT2D eigenvalue weighted by atomic mass is 10.4. The zero-order valence-electron chi connectivity index (χ0n) is 11.8. The zero-order valence-corrected chi connectivity index (χ0v) is 12.6. The monoisotopic (exact) mass is 335 g/mol. The molecule has 0 aromatic carbocycles. The Balaban J connectivity index is 2.18. The van der Waals surface area contributed by atoms with Crippen molar-refractivity contribution in [1.29, 1.82) is 5.26 Å². The van der Waals surface area contributed by atoms with Crippen LogP contribution >= 0.6 is 12.2 Å². The minimum absolute atomic E-state index is 0.0143. The molecule has 2 rings (SSSR count). The first-order valence-electron chi connectivity index (χ1n) is 6.81. The van der Waals surface area contributed by atoms with Gasteiger partial charge in [0.25, 0.3) is 0 Å². The molecule has 0 amide bonds. The van der Waals surface area contributed by atoms with Crippen LogP contribution < -0.4 is 0 Å². The van der Waals surface area contributed by atoms with Crippen molar-refractivity contribution in [3.05, 3.63) is 10.6 Å². The molecule has 0 bridgehead atoms. The molecular weight excluding hydrogens is 319 g/mol. The fourth-order valence-electron chi connectivity index (χ4n) is 2.22. The molecule has 1 aromatic heterocycles. The van der Waals surface area contributed by atoms with Crippen molar-refractivity contribution in [3.8, 4) is 6.07 Å². The molecule has 1 heterocycles. The molecule has 122 valence electrons. The fourth-order valence-corrected chi connectivity index (χ4v) is 2.57. The molecular formula is C12H16F3N5OS. The normalized spacial score (nSPS) is 15.3. The lowest BCUT2D eigenvalue weighted by Gasteiger charge is -2.22. The molecule has 10 heteroatoms. The summed E-state index contributed by atoms with van der Waals surface area (Å²) in [6, 6.07) is 2.01. The number of halogens is 3. The second-order valence-electron chi connectivity index (χ2n) is 5.17. The molecule has 6 nitrogen and oxygen atoms in total. The number of nitriles is 1. The molecule has 1 N–H and O–H groups in total. The Kier molecular flexibility index (Phi) is 5.20. The Hall–Kier alpha value is -1.44. The summed E-state index contributed by atoms with van der Waals surface area (Å²) in [5, 5.41) is 22.0. The van der Waals surface area contributed by atoms with Gasteiger partial charge in [-0.05, 0) is 25.1 Å². The largest absolute Gasteiger partial charge is 0.401 e. The number of aromatic nitrogens is 3. The Bertz CT molecular complexity index is 614. The van der Waals surface area contributed by atoms with E-state index in [2.05, 4.69) is 5.10 Å². The summed E-state index contributed by atoms with van der Waals surface area (Å²) in [6.07, 6.45) is -2.53. The van der Waals surface area contributed by atoms with E-state index in [9.17, 15) is 18.3 Å². The highest BCUT2D eigenvalue weighted by Crippen LogP contribution is 2.36. The van der Waals surface area contributed by atoms with Crippen LogP contribution in [-0.2, 0) is 13.3 Å². The van der Waals surface area contributed by atoms with Crippen molar-refractivity contribution in [2.24, 2.45) is 0 Å². The van der Waals surface area contributed by atoms with E-state index < -0.39 is 12.7 Å². The van der Waals surface area contributed by atoms with Gasteiger partial charge in [0.05, 0.1) is 19.3 Å². The highest BCUT2D eigenvalue weighted by atomic mass is 32.1. The molecule has 0 aliphatic heterocycles. The number of hydrogen-bond donors (Lipinski definition) is 1. The van der Waals surface area contributed by atoms with Crippen LogP contribution in [0, 0.1) is 16.1 Å². The molecule has 0 unspecified atom stereocenters. The Morgan fingerprint density at radius 2 is 2.14 bits per heavy atom. The molecule has 1 fully saturated rings. The summed E-state index contributed by atoms with van der Waals surface area (Å²) in [6.45, 7) is -1.64. The van der Waals surface area contributed by atoms with Crippen LogP contribution in [0.15, 0.2) is 0 Å². The number of alkyl halides is 3. The van der Waals surface area contributed by atoms with Gasteiger partial charge in [-0.25, -0.2) is 4.68 Å². The van der Waals surface area contributed by atoms with Gasteiger partial charge < -0.3 is 5.11 Å². The number of rotatable bonds is 7. The first kappa shape index (κ1) is 16.9. The molecule has 0 spiro atoms. The average molecular weight is 335 g/mol. The molecule has 0 saturated heterocycles. The fraction of sp³-hybridized carbons (Fsp3) is 0.750. The number of aliphatic hydroxyl groups is 1. The van der Waals surface area contributed by atoms with Crippen LogP contribution in [0.25, 0.3) is 0 Å². The maximum absolute atomic E-state index is 12.6. The van der Waals surface area contributed by atoms with Crippen molar-refractivity contribution in [2.75, 3.05) is 13.1 Å². The van der Waals surface area contributed by atoms with Crippen LogP contribution in [0.5, 0.6) is 0 Å². The minimum atomic E-state index is -4.36. The molecule has 0 radical (unpaired) electrons. The van der Waals surface area contributed by atoms with E-state index in [0.29, 0.717) is 10.6 Å². The van der Waals surface area contributed by atoms with Gasteiger partial charge in [0.2, 0.25) is 0 Å². The van der Waals surface area contributed by atoms with E-state index in [1.807, 2.05) is 6.07 Å². The summed E-state index contributed by atoms with van der Waals surface area (Å²) >= 11 is 5.25. The Morgan fingerprint density at radius 3 is 2.64 bits per heavy atom. The zero-order chi connectivity index (χ0) is 16.3. The predicted molar refractivity (Wildman–Crippen MR) is 73.1 cm³/mol.